The molecule has 0 amide bonds. The zero-order valence-corrected chi connectivity index (χ0v) is 22.8. The Labute approximate surface area is 239 Å². The van der Waals surface area contributed by atoms with E-state index in [2.05, 4.69) is 145 Å². The maximum atomic E-state index is 4.36. The molecule has 41 heavy (non-hydrogen) atoms. The second-order valence-corrected chi connectivity index (χ2v) is 10.8. The highest BCUT2D eigenvalue weighted by atomic mass is 14.6. The Balaban J connectivity index is 1.39. The van der Waals surface area contributed by atoms with Crippen molar-refractivity contribution >= 4 is 43.1 Å². The average Bonchev–Trinajstić information content (AvgIpc) is 3.03. The number of rotatable bonds is 3. The Bertz CT molecular complexity index is 2210. The topological polar surface area (TPSA) is 12.9 Å². The summed E-state index contributed by atoms with van der Waals surface area (Å²) in [6.07, 6.45) is 3.81. The Kier molecular flexibility index (Phi) is 5.43. The first kappa shape index (κ1) is 23.6. The lowest BCUT2D eigenvalue weighted by Gasteiger charge is -2.19. The predicted molar refractivity (Wildman–Crippen MR) is 175 cm³/mol. The van der Waals surface area contributed by atoms with Crippen molar-refractivity contribution in [3.05, 3.63) is 151 Å². The summed E-state index contributed by atoms with van der Waals surface area (Å²) in [7, 11) is 0. The molecule has 0 radical (unpaired) electrons. The summed E-state index contributed by atoms with van der Waals surface area (Å²) in [5.74, 6) is 0. The van der Waals surface area contributed by atoms with E-state index < -0.39 is 0 Å². The van der Waals surface area contributed by atoms with Gasteiger partial charge in [0.05, 0.1) is 0 Å². The molecule has 7 aromatic carbocycles. The minimum Gasteiger partial charge on any atom is -0.264 e. The van der Waals surface area contributed by atoms with Crippen molar-refractivity contribution in [2.24, 2.45) is 0 Å². The number of fused-ring (bicyclic) bond motifs is 4. The molecular weight excluding hydrogens is 494 g/mol. The number of nitrogens with zero attached hydrogens (tertiary/aromatic N) is 1. The van der Waals surface area contributed by atoms with E-state index in [0.717, 1.165) is 0 Å². The fraction of sp³-hybridized carbons (Fsp3) is 0.0250. The summed E-state index contributed by atoms with van der Waals surface area (Å²) in [6.45, 7) is 2.14. The van der Waals surface area contributed by atoms with Gasteiger partial charge in [0.15, 0.2) is 0 Å². The van der Waals surface area contributed by atoms with E-state index in [1.165, 1.54) is 82.0 Å². The smallest absolute Gasteiger partial charge is 0.0349 e. The number of hydrogen-bond donors (Lipinski definition) is 0. The summed E-state index contributed by atoms with van der Waals surface area (Å²) >= 11 is 0. The molecule has 0 aliphatic carbocycles. The maximum absolute atomic E-state index is 4.36. The summed E-state index contributed by atoms with van der Waals surface area (Å²) < 4.78 is 0. The molecule has 192 valence electrons. The monoisotopic (exact) mass is 521 g/mol. The summed E-state index contributed by atoms with van der Waals surface area (Å²) in [4.78, 5) is 4.36. The normalized spacial score (nSPS) is 11.5. The molecule has 0 fully saturated rings. The second-order valence-electron chi connectivity index (χ2n) is 10.8. The lowest BCUT2D eigenvalue weighted by Crippen LogP contribution is -1.91. The molecule has 0 atom stereocenters. The third-order valence-electron chi connectivity index (χ3n) is 8.47. The highest BCUT2D eigenvalue weighted by Gasteiger charge is 2.18. The molecule has 0 saturated carbocycles. The van der Waals surface area contributed by atoms with Crippen LogP contribution in [-0.4, -0.2) is 4.98 Å². The molecule has 1 nitrogen and oxygen atoms in total. The van der Waals surface area contributed by atoms with Crippen LogP contribution in [0.2, 0.25) is 0 Å². The number of pyridine rings is 1. The van der Waals surface area contributed by atoms with Crippen LogP contribution >= 0.6 is 0 Å². The van der Waals surface area contributed by atoms with E-state index >= 15 is 0 Å². The van der Waals surface area contributed by atoms with Crippen LogP contribution in [0.25, 0.3) is 76.5 Å². The van der Waals surface area contributed by atoms with Crippen molar-refractivity contribution in [1.82, 2.24) is 4.98 Å². The Morgan fingerprint density at radius 2 is 0.976 bits per heavy atom. The Morgan fingerprint density at radius 3 is 1.66 bits per heavy atom. The lowest BCUT2D eigenvalue weighted by molar-refractivity contribution is 1.29. The molecule has 1 aromatic heterocycles. The zero-order chi connectivity index (χ0) is 27.3. The summed E-state index contributed by atoms with van der Waals surface area (Å²) in [6, 6.07) is 48.9. The van der Waals surface area contributed by atoms with Gasteiger partial charge in [-0.15, -0.1) is 0 Å². The Morgan fingerprint density at radius 1 is 0.415 bits per heavy atom. The predicted octanol–water partition coefficient (Wildman–Crippen LogP) is 11.0. The van der Waals surface area contributed by atoms with E-state index in [1.54, 1.807) is 0 Å². The zero-order valence-electron chi connectivity index (χ0n) is 22.8. The van der Waals surface area contributed by atoms with E-state index in [4.69, 9.17) is 0 Å². The molecule has 8 rings (SSSR count). The first-order chi connectivity index (χ1) is 20.3. The van der Waals surface area contributed by atoms with E-state index in [1.807, 2.05) is 12.4 Å². The summed E-state index contributed by atoms with van der Waals surface area (Å²) in [5, 5.41) is 10.1. The highest BCUT2D eigenvalue weighted by Crippen LogP contribution is 2.45. The van der Waals surface area contributed by atoms with Crippen LogP contribution in [0, 0.1) is 6.92 Å². The van der Waals surface area contributed by atoms with Gasteiger partial charge in [-0.25, -0.2) is 0 Å². The van der Waals surface area contributed by atoms with Gasteiger partial charge >= 0.3 is 0 Å². The lowest BCUT2D eigenvalue weighted by atomic mass is 9.84. The van der Waals surface area contributed by atoms with Gasteiger partial charge in [-0.3, -0.25) is 4.98 Å². The molecule has 0 aliphatic rings. The van der Waals surface area contributed by atoms with E-state index in [-0.39, 0.29) is 0 Å². The van der Waals surface area contributed by atoms with Gasteiger partial charge in [-0.05, 0) is 102 Å². The molecule has 0 unspecified atom stereocenters. The van der Waals surface area contributed by atoms with Crippen molar-refractivity contribution in [1.29, 1.82) is 0 Å². The van der Waals surface area contributed by atoms with Gasteiger partial charge < -0.3 is 0 Å². The van der Waals surface area contributed by atoms with E-state index in [9.17, 15) is 0 Å². The fourth-order valence-electron chi connectivity index (χ4n) is 6.51. The average molecular weight is 522 g/mol. The SMILES string of the molecule is Cc1ccncc1-c1ccc2cc(-c3c4ccccc4c(-c4cccc5ccccc45)c4ccccc34)ccc2c1. The summed E-state index contributed by atoms with van der Waals surface area (Å²) in [5.41, 5.74) is 8.72. The molecule has 0 N–H and O–H groups in total. The molecule has 1 heterocycles. The van der Waals surface area contributed by atoms with Crippen molar-refractivity contribution in [3.63, 3.8) is 0 Å². The van der Waals surface area contributed by atoms with Gasteiger partial charge in [0, 0.05) is 18.0 Å². The van der Waals surface area contributed by atoms with Gasteiger partial charge in [0.1, 0.15) is 0 Å². The van der Waals surface area contributed by atoms with Crippen molar-refractivity contribution in [2.45, 2.75) is 6.92 Å². The standard InChI is InChI=1S/C40H27N/c1-26-21-22-41-25-38(26)30-19-17-29-24-31(20-18-28(29)23-30)39-34-12-4-6-14-36(34)40(37-15-7-5-13-35(37)39)33-16-8-10-27-9-2-3-11-32(27)33/h2-25H,1H3. The Hall–Kier alpha value is -5.27. The van der Waals surface area contributed by atoms with Gasteiger partial charge in [-0.2, -0.15) is 0 Å². The van der Waals surface area contributed by atoms with Crippen LogP contribution in [0.5, 0.6) is 0 Å². The molecular formula is C40H27N. The van der Waals surface area contributed by atoms with Gasteiger partial charge in [-0.1, -0.05) is 115 Å². The largest absolute Gasteiger partial charge is 0.264 e. The van der Waals surface area contributed by atoms with Crippen LogP contribution in [0.4, 0.5) is 0 Å². The fourth-order valence-corrected chi connectivity index (χ4v) is 6.51. The first-order valence-corrected chi connectivity index (χ1v) is 14.1. The quantitative estimate of drug-likeness (QED) is 0.211. The third-order valence-corrected chi connectivity index (χ3v) is 8.47. The molecule has 0 spiro atoms. The minimum absolute atomic E-state index is 1.18. The van der Waals surface area contributed by atoms with Crippen LogP contribution in [0.3, 0.4) is 0 Å². The number of aryl methyl sites for hydroxylation is 1. The molecule has 8 aromatic rings. The first-order valence-electron chi connectivity index (χ1n) is 14.1. The third kappa shape index (κ3) is 3.82. The van der Waals surface area contributed by atoms with Crippen molar-refractivity contribution in [2.75, 3.05) is 0 Å². The maximum Gasteiger partial charge on any atom is 0.0349 e. The molecule has 0 saturated heterocycles. The van der Waals surface area contributed by atoms with Crippen molar-refractivity contribution < 1.29 is 0 Å². The van der Waals surface area contributed by atoms with E-state index in [0.29, 0.717) is 0 Å². The molecule has 0 bridgehead atoms. The van der Waals surface area contributed by atoms with Gasteiger partial charge in [0.25, 0.3) is 0 Å². The number of benzene rings is 7. The van der Waals surface area contributed by atoms with Crippen LogP contribution in [-0.2, 0) is 0 Å². The minimum atomic E-state index is 1.18. The number of aromatic nitrogens is 1. The number of hydrogen-bond acceptors (Lipinski definition) is 1. The van der Waals surface area contributed by atoms with Crippen LogP contribution in [0.15, 0.2) is 146 Å². The highest BCUT2D eigenvalue weighted by molar-refractivity contribution is 6.23. The van der Waals surface area contributed by atoms with Crippen LogP contribution in [0.1, 0.15) is 5.56 Å². The van der Waals surface area contributed by atoms with Crippen LogP contribution < -0.4 is 0 Å². The second kappa shape index (κ2) is 9.43. The van der Waals surface area contributed by atoms with Crippen molar-refractivity contribution in [3.8, 4) is 33.4 Å². The molecule has 0 aliphatic heterocycles. The molecule has 1 heteroatoms. The van der Waals surface area contributed by atoms with Gasteiger partial charge in [0.2, 0.25) is 0 Å².